The zero-order valence-corrected chi connectivity index (χ0v) is 13.4. The van der Waals surface area contributed by atoms with Crippen LogP contribution in [0, 0.1) is 17.3 Å². The SMILES string of the molecule is CCc1cc(CC2(CNC(C)C)CC3CC3C2)n(C)n1. The molecule has 0 aromatic carbocycles. The van der Waals surface area contributed by atoms with E-state index in [0.29, 0.717) is 11.5 Å². The molecule has 0 radical (unpaired) electrons. The molecule has 1 heterocycles. The molecule has 1 aromatic heterocycles. The number of nitrogens with one attached hydrogen (secondary N) is 1. The highest BCUT2D eigenvalue weighted by atomic mass is 15.3. The normalized spacial score (nSPS) is 31.9. The minimum absolute atomic E-state index is 0.483. The van der Waals surface area contributed by atoms with E-state index < -0.39 is 0 Å². The first-order valence-corrected chi connectivity index (χ1v) is 8.26. The van der Waals surface area contributed by atoms with Crippen LogP contribution in [0.25, 0.3) is 0 Å². The summed E-state index contributed by atoms with van der Waals surface area (Å²) in [6.07, 6.45) is 6.57. The molecule has 3 heteroatoms. The van der Waals surface area contributed by atoms with Crippen LogP contribution in [0.4, 0.5) is 0 Å². The summed E-state index contributed by atoms with van der Waals surface area (Å²) in [6, 6.07) is 2.91. The number of hydrogen-bond donors (Lipinski definition) is 1. The van der Waals surface area contributed by atoms with Crippen molar-refractivity contribution in [3.05, 3.63) is 17.5 Å². The minimum Gasteiger partial charge on any atom is -0.314 e. The van der Waals surface area contributed by atoms with Gasteiger partial charge in [0.25, 0.3) is 0 Å². The maximum atomic E-state index is 4.62. The van der Waals surface area contributed by atoms with Crippen molar-refractivity contribution in [1.29, 1.82) is 0 Å². The Morgan fingerprint density at radius 1 is 1.40 bits per heavy atom. The highest BCUT2D eigenvalue weighted by Crippen LogP contribution is 2.60. The molecule has 2 fully saturated rings. The van der Waals surface area contributed by atoms with Gasteiger partial charge in [0.2, 0.25) is 0 Å². The quantitative estimate of drug-likeness (QED) is 0.865. The Morgan fingerprint density at radius 3 is 2.65 bits per heavy atom. The standard InChI is InChI=1S/C17H29N3/c1-5-15-7-16(20(4)19-15)10-17(11-18-12(2)3)8-13-6-14(13)9-17/h7,12-14,18H,5-6,8-11H2,1-4H3. The fourth-order valence-corrected chi connectivity index (χ4v) is 4.07. The second kappa shape index (κ2) is 5.18. The largest absolute Gasteiger partial charge is 0.314 e. The lowest BCUT2D eigenvalue weighted by Gasteiger charge is -2.32. The van der Waals surface area contributed by atoms with Crippen molar-refractivity contribution in [3.8, 4) is 0 Å². The van der Waals surface area contributed by atoms with Gasteiger partial charge in [-0.1, -0.05) is 20.8 Å². The summed E-state index contributed by atoms with van der Waals surface area (Å²) in [5.41, 5.74) is 3.14. The lowest BCUT2D eigenvalue weighted by Crippen LogP contribution is -2.38. The minimum atomic E-state index is 0.483. The van der Waals surface area contributed by atoms with E-state index >= 15 is 0 Å². The molecule has 2 unspecified atom stereocenters. The van der Waals surface area contributed by atoms with Crippen LogP contribution in [0.3, 0.4) is 0 Å². The molecule has 1 aromatic rings. The third-order valence-electron chi connectivity index (χ3n) is 5.29. The van der Waals surface area contributed by atoms with Crippen molar-refractivity contribution in [3.63, 3.8) is 0 Å². The molecule has 3 nitrogen and oxygen atoms in total. The summed E-state index contributed by atoms with van der Waals surface area (Å²) >= 11 is 0. The van der Waals surface area contributed by atoms with Gasteiger partial charge < -0.3 is 5.32 Å². The molecule has 0 spiro atoms. The van der Waals surface area contributed by atoms with E-state index in [1.807, 2.05) is 0 Å². The van der Waals surface area contributed by atoms with Crippen LogP contribution in [0.2, 0.25) is 0 Å². The molecule has 2 saturated carbocycles. The predicted octanol–water partition coefficient (Wildman–Crippen LogP) is 2.94. The van der Waals surface area contributed by atoms with Gasteiger partial charge in [0.15, 0.2) is 0 Å². The smallest absolute Gasteiger partial charge is 0.0624 e. The molecular formula is C17H29N3. The van der Waals surface area contributed by atoms with Crippen LogP contribution in [-0.4, -0.2) is 22.4 Å². The van der Waals surface area contributed by atoms with Crippen molar-refractivity contribution in [2.24, 2.45) is 24.3 Å². The highest BCUT2D eigenvalue weighted by molar-refractivity contribution is 5.15. The molecule has 20 heavy (non-hydrogen) atoms. The number of aromatic nitrogens is 2. The summed E-state index contributed by atoms with van der Waals surface area (Å²) in [4.78, 5) is 0. The predicted molar refractivity (Wildman–Crippen MR) is 82.7 cm³/mol. The first kappa shape index (κ1) is 14.1. The highest BCUT2D eigenvalue weighted by Gasteiger charge is 2.53. The van der Waals surface area contributed by atoms with Crippen LogP contribution in [0.15, 0.2) is 6.07 Å². The van der Waals surface area contributed by atoms with Gasteiger partial charge in [-0.25, -0.2) is 0 Å². The Morgan fingerprint density at radius 2 is 2.10 bits per heavy atom. The molecular weight excluding hydrogens is 246 g/mol. The maximum absolute atomic E-state index is 4.62. The number of hydrogen-bond acceptors (Lipinski definition) is 2. The molecule has 112 valence electrons. The molecule has 0 aliphatic heterocycles. The zero-order chi connectivity index (χ0) is 14.3. The van der Waals surface area contributed by atoms with Gasteiger partial charge in [0, 0.05) is 25.3 Å². The molecule has 2 atom stereocenters. The van der Waals surface area contributed by atoms with Crippen molar-refractivity contribution >= 4 is 0 Å². The van der Waals surface area contributed by atoms with Gasteiger partial charge in [-0.3, -0.25) is 4.68 Å². The van der Waals surface area contributed by atoms with E-state index in [9.17, 15) is 0 Å². The monoisotopic (exact) mass is 275 g/mol. The molecule has 3 rings (SSSR count). The molecule has 2 aliphatic carbocycles. The second-order valence-corrected chi connectivity index (χ2v) is 7.48. The van der Waals surface area contributed by atoms with Crippen LogP contribution in [0.1, 0.15) is 51.4 Å². The fourth-order valence-electron chi connectivity index (χ4n) is 4.07. The van der Waals surface area contributed by atoms with Gasteiger partial charge in [0.1, 0.15) is 0 Å². The lowest BCUT2D eigenvalue weighted by molar-refractivity contribution is 0.236. The lowest BCUT2D eigenvalue weighted by atomic mass is 9.78. The molecule has 0 amide bonds. The van der Waals surface area contributed by atoms with Crippen molar-refractivity contribution in [2.45, 2.75) is 58.9 Å². The number of fused-ring (bicyclic) bond motifs is 1. The van der Waals surface area contributed by atoms with Crippen LogP contribution in [-0.2, 0) is 19.9 Å². The topological polar surface area (TPSA) is 29.9 Å². The van der Waals surface area contributed by atoms with Gasteiger partial charge in [0.05, 0.1) is 5.69 Å². The summed E-state index contributed by atoms with van der Waals surface area (Å²) in [5, 5.41) is 8.32. The van der Waals surface area contributed by atoms with Crippen molar-refractivity contribution in [2.75, 3.05) is 6.54 Å². The van der Waals surface area contributed by atoms with Gasteiger partial charge in [-0.15, -0.1) is 0 Å². The third kappa shape index (κ3) is 2.78. The zero-order valence-electron chi connectivity index (χ0n) is 13.4. The van der Waals surface area contributed by atoms with E-state index in [2.05, 4.69) is 49.0 Å². The van der Waals surface area contributed by atoms with Gasteiger partial charge >= 0.3 is 0 Å². The summed E-state index contributed by atoms with van der Waals surface area (Å²) in [7, 11) is 2.10. The summed E-state index contributed by atoms with van der Waals surface area (Å²) in [5.74, 6) is 2.06. The first-order valence-electron chi connectivity index (χ1n) is 8.26. The van der Waals surface area contributed by atoms with E-state index in [0.717, 1.165) is 18.3 Å². The second-order valence-electron chi connectivity index (χ2n) is 7.48. The average molecular weight is 275 g/mol. The Balaban J connectivity index is 1.74. The fraction of sp³-hybridized carbons (Fsp3) is 0.824. The van der Waals surface area contributed by atoms with Crippen molar-refractivity contribution < 1.29 is 0 Å². The van der Waals surface area contributed by atoms with E-state index in [1.165, 1.54) is 43.6 Å². The number of nitrogens with zero attached hydrogens (tertiary/aromatic N) is 2. The number of rotatable bonds is 6. The molecule has 0 saturated heterocycles. The summed E-state index contributed by atoms with van der Waals surface area (Å²) < 4.78 is 2.11. The third-order valence-corrected chi connectivity index (χ3v) is 5.29. The van der Waals surface area contributed by atoms with Crippen LogP contribution >= 0.6 is 0 Å². The summed E-state index contributed by atoms with van der Waals surface area (Å²) in [6.45, 7) is 7.86. The van der Waals surface area contributed by atoms with E-state index in [1.54, 1.807) is 0 Å². The van der Waals surface area contributed by atoms with Gasteiger partial charge in [-0.2, -0.15) is 5.10 Å². The van der Waals surface area contributed by atoms with E-state index in [4.69, 9.17) is 0 Å². The first-order chi connectivity index (χ1) is 9.51. The molecule has 2 aliphatic rings. The Labute approximate surface area is 123 Å². The van der Waals surface area contributed by atoms with Crippen LogP contribution in [0.5, 0.6) is 0 Å². The van der Waals surface area contributed by atoms with E-state index in [-0.39, 0.29) is 0 Å². The number of aryl methyl sites for hydroxylation is 2. The Kier molecular flexibility index (Phi) is 3.65. The Bertz CT molecular complexity index is 465. The molecule has 0 bridgehead atoms. The maximum Gasteiger partial charge on any atom is 0.0624 e. The van der Waals surface area contributed by atoms with Crippen molar-refractivity contribution in [1.82, 2.24) is 15.1 Å². The Hall–Kier alpha value is -0.830. The van der Waals surface area contributed by atoms with Gasteiger partial charge in [-0.05, 0) is 55.4 Å². The average Bonchev–Trinajstić information content (AvgIpc) is 2.86. The molecule has 1 N–H and O–H groups in total. The van der Waals surface area contributed by atoms with Crippen LogP contribution < -0.4 is 5.32 Å².